The van der Waals surface area contributed by atoms with Crippen LogP contribution >= 0.6 is 23.2 Å². The summed E-state index contributed by atoms with van der Waals surface area (Å²) in [4.78, 5) is 0. The molecule has 0 N–H and O–H groups in total. The summed E-state index contributed by atoms with van der Waals surface area (Å²) in [7, 11) is 0. The van der Waals surface area contributed by atoms with E-state index in [0.29, 0.717) is 0 Å². The van der Waals surface area contributed by atoms with E-state index in [9.17, 15) is 0 Å². The minimum Gasteiger partial charge on any atom is -0.114 e. The second-order valence-electron chi connectivity index (χ2n) is 2.57. The third kappa shape index (κ3) is 3.13. The van der Waals surface area contributed by atoms with Crippen molar-refractivity contribution in [2.24, 2.45) is 0 Å². The Labute approximate surface area is 77.2 Å². The highest BCUT2D eigenvalue weighted by Crippen LogP contribution is 2.17. The molecule has 0 aliphatic heterocycles. The van der Waals surface area contributed by atoms with Crippen molar-refractivity contribution in [2.45, 2.75) is 18.7 Å². The standard InChI is InChI=1S/C9H10Cl2/c1-7-2-4-8(10)6-9(11)5-3-7/h2-4,6,8H,5H2,1H3/b4-2?,7-3-,9-6+. The van der Waals surface area contributed by atoms with E-state index < -0.39 is 0 Å². The Bertz CT molecular complexity index is 224. The Morgan fingerprint density at radius 1 is 1.55 bits per heavy atom. The molecule has 1 atom stereocenters. The van der Waals surface area contributed by atoms with Crippen LogP contribution in [-0.4, -0.2) is 5.38 Å². The lowest BCUT2D eigenvalue weighted by molar-refractivity contribution is 1.23. The Hall–Kier alpha value is -0.200. The van der Waals surface area contributed by atoms with Crippen LogP contribution in [0, 0.1) is 0 Å². The van der Waals surface area contributed by atoms with Gasteiger partial charge in [0.05, 0.1) is 5.38 Å². The summed E-state index contributed by atoms with van der Waals surface area (Å²) in [6.45, 7) is 2.04. The molecule has 0 aromatic heterocycles. The minimum atomic E-state index is -0.0638. The number of halogens is 2. The largest absolute Gasteiger partial charge is 0.114 e. The molecule has 0 saturated carbocycles. The third-order valence-electron chi connectivity index (χ3n) is 1.50. The number of hydrogen-bond acceptors (Lipinski definition) is 0. The molecule has 1 rings (SSSR count). The quantitative estimate of drug-likeness (QED) is 0.510. The Balaban J connectivity index is 2.82. The van der Waals surface area contributed by atoms with Gasteiger partial charge in [0.1, 0.15) is 0 Å². The number of allylic oxidation sites excluding steroid dienone is 6. The maximum absolute atomic E-state index is 5.88. The van der Waals surface area contributed by atoms with Crippen LogP contribution in [0.15, 0.2) is 34.9 Å². The Kier molecular flexibility index (Phi) is 3.22. The fourth-order valence-electron chi connectivity index (χ4n) is 0.867. The van der Waals surface area contributed by atoms with Crippen molar-refractivity contribution in [2.75, 3.05) is 0 Å². The number of alkyl halides is 1. The Morgan fingerprint density at radius 3 is 3.00 bits per heavy atom. The molecule has 1 aliphatic rings. The SMILES string of the molecule is C/C1=C/C/C(Cl)=C\C(Cl)C=C1. The summed E-state index contributed by atoms with van der Waals surface area (Å²) in [5.74, 6) is 0. The van der Waals surface area contributed by atoms with Crippen LogP contribution in [0.25, 0.3) is 0 Å². The second kappa shape index (κ2) is 3.99. The van der Waals surface area contributed by atoms with E-state index in [0.717, 1.165) is 11.5 Å². The predicted molar refractivity (Wildman–Crippen MR) is 51.1 cm³/mol. The lowest BCUT2D eigenvalue weighted by atomic mass is 10.1. The lowest BCUT2D eigenvalue weighted by Gasteiger charge is -2.02. The molecule has 0 radical (unpaired) electrons. The summed E-state index contributed by atoms with van der Waals surface area (Å²) >= 11 is 11.7. The highest BCUT2D eigenvalue weighted by molar-refractivity contribution is 6.31. The van der Waals surface area contributed by atoms with E-state index in [4.69, 9.17) is 23.2 Å². The van der Waals surface area contributed by atoms with Crippen molar-refractivity contribution in [3.05, 3.63) is 34.9 Å². The number of rotatable bonds is 0. The first-order valence-electron chi connectivity index (χ1n) is 3.54. The molecule has 0 nitrogen and oxygen atoms in total. The van der Waals surface area contributed by atoms with Crippen molar-refractivity contribution in [3.63, 3.8) is 0 Å². The average molecular weight is 189 g/mol. The molecule has 0 amide bonds. The first-order valence-corrected chi connectivity index (χ1v) is 4.35. The summed E-state index contributed by atoms with van der Waals surface area (Å²) in [5.41, 5.74) is 1.21. The highest BCUT2D eigenvalue weighted by atomic mass is 35.5. The van der Waals surface area contributed by atoms with Gasteiger partial charge in [-0.15, -0.1) is 11.6 Å². The summed E-state index contributed by atoms with van der Waals surface area (Å²) < 4.78 is 0. The fraction of sp³-hybridized carbons (Fsp3) is 0.333. The van der Waals surface area contributed by atoms with Gasteiger partial charge in [-0.3, -0.25) is 0 Å². The molecular formula is C9H10Cl2. The maximum Gasteiger partial charge on any atom is 0.0714 e. The van der Waals surface area contributed by atoms with Gasteiger partial charge in [-0.05, 0) is 13.0 Å². The first-order chi connectivity index (χ1) is 5.18. The van der Waals surface area contributed by atoms with Crippen molar-refractivity contribution < 1.29 is 0 Å². The minimum absolute atomic E-state index is 0.0638. The molecule has 0 aromatic carbocycles. The molecule has 1 unspecified atom stereocenters. The summed E-state index contributed by atoms with van der Waals surface area (Å²) in [6, 6.07) is 0. The second-order valence-corrected chi connectivity index (χ2v) is 3.56. The normalized spacial score (nSPS) is 34.6. The zero-order valence-corrected chi connectivity index (χ0v) is 7.86. The van der Waals surface area contributed by atoms with Crippen molar-refractivity contribution >= 4 is 23.2 Å². The van der Waals surface area contributed by atoms with Crippen LogP contribution in [0.5, 0.6) is 0 Å². The summed E-state index contributed by atoms with van der Waals surface area (Å²) in [6.07, 6.45) is 8.66. The Morgan fingerprint density at radius 2 is 2.27 bits per heavy atom. The van der Waals surface area contributed by atoms with Gasteiger partial charge in [-0.1, -0.05) is 35.4 Å². The number of hydrogen-bond donors (Lipinski definition) is 0. The van der Waals surface area contributed by atoms with Gasteiger partial charge in [-0.25, -0.2) is 0 Å². The van der Waals surface area contributed by atoms with Crippen LogP contribution in [0.2, 0.25) is 0 Å². The molecule has 2 heteroatoms. The molecule has 0 aromatic rings. The molecular weight excluding hydrogens is 179 g/mol. The van der Waals surface area contributed by atoms with E-state index in [-0.39, 0.29) is 5.38 Å². The van der Waals surface area contributed by atoms with Gasteiger partial charge in [0.2, 0.25) is 0 Å². The van der Waals surface area contributed by atoms with Crippen molar-refractivity contribution in [3.8, 4) is 0 Å². The van der Waals surface area contributed by atoms with E-state index in [1.165, 1.54) is 5.57 Å². The zero-order valence-electron chi connectivity index (χ0n) is 6.35. The smallest absolute Gasteiger partial charge is 0.0714 e. The van der Waals surface area contributed by atoms with Crippen molar-refractivity contribution in [1.82, 2.24) is 0 Å². The van der Waals surface area contributed by atoms with Gasteiger partial charge >= 0.3 is 0 Å². The highest BCUT2D eigenvalue weighted by Gasteiger charge is 1.99. The van der Waals surface area contributed by atoms with Crippen LogP contribution in [-0.2, 0) is 0 Å². The van der Waals surface area contributed by atoms with Gasteiger partial charge < -0.3 is 0 Å². The molecule has 0 saturated heterocycles. The molecule has 0 spiro atoms. The fourth-order valence-corrected chi connectivity index (χ4v) is 1.37. The topological polar surface area (TPSA) is 0 Å². The van der Waals surface area contributed by atoms with E-state index in [1.54, 1.807) is 0 Å². The van der Waals surface area contributed by atoms with Gasteiger partial charge in [0, 0.05) is 11.5 Å². The van der Waals surface area contributed by atoms with Crippen molar-refractivity contribution in [1.29, 1.82) is 0 Å². The monoisotopic (exact) mass is 188 g/mol. The predicted octanol–water partition coefficient (Wildman–Crippen LogP) is 3.62. The maximum atomic E-state index is 5.88. The van der Waals surface area contributed by atoms with Crippen LogP contribution in [0.1, 0.15) is 13.3 Å². The zero-order chi connectivity index (χ0) is 8.27. The van der Waals surface area contributed by atoms with Gasteiger partial charge in [0.25, 0.3) is 0 Å². The van der Waals surface area contributed by atoms with Crippen LogP contribution in [0.3, 0.4) is 0 Å². The molecule has 0 heterocycles. The average Bonchev–Trinajstić information content (AvgIpc) is 1.95. The molecule has 11 heavy (non-hydrogen) atoms. The van der Waals surface area contributed by atoms with E-state index >= 15 is 0 Å². The molecule has 0 fully saturated rings. The van der Waals surface area contributed by atoms with E-state index in [2.05, 4.69) is 6.08 Å². The third-order valence-corrected chi connectivity index (χ3v) is 2.05. The van der Waals surface area contributed by atoms with Crippen LogP contribution < -0.4 is 0 Å². The van der Waals surface area contributed by atoms with Gasteiger partial charge in [0.15, 0.2) is 0 Å². The lowest BCUT2D eigenvalue weighted by Crippen LogP contribution is -1.90. The summed E-state index contributed by atoms with van der Waals surface area (Å²) in [5, 5.41) is 0.750. The molecule has 60 valence electrons. The van der Waals surface area contributed by atoms with Gasteiger partial charge in [-0.2, -0.15) is 0 Å². The van der Waals surface area contributed by atoms with Crippen LogP contribution in [0.4, 0.5) is 0 Å². The molecule has 0 bridgehead atoms. The van der Waals surface area contributed by atoms with E-state index in [1.807, 2.05) is 25.2 Å². The first kappa shape index (κ1) is 8.89. The molecule has 1 aliphatic carbocycles.